The van der Waals surface area contributed by atoms with E-state index in [0.717, 1.165) is 60.2 Å². The smallest absolute Gasteiger partial charge is 0.254 e. The number of nitrogens with one attached hydrogen (secondary N) is 1. The quantitative estimate of drug-likeness (QED) is 0.859. The van der Waals surface area contributed by atoms with Crippen molar-refractivity contribution in [1.29, 1.82) is 0 Å². The molecule has 0 aromatic carbocycles. The fraction of sp³-hybridized carbons (Fsp3) is 0.615. The maximum atomic E-state index is 12.4. The highest BCUT2D eigenvalue weighted by Crippen LogP contribution is 2.28. The Morgan fingerprint density at radius 1 is 1.33 bits per heavy atom. The van der Waals surface area contributed by atoms with Crippen molar-refractivity contribution in [3.8, 4) is 0 Å². The topological polar surface area (TPSA) is 32.3 Å². The van der Waals surface area contributed by atoms with Crippen LogP contribution in [0.4, 0.5) is 0 Å². The predicted molar refractivity (Wildman–Crippen MR) is 77.0 cm³/mol. The van der Waals surface area contributed by atoms with Gasteiger partial charge in [-0.15, -0.1) is 11.3 Å². The Morgan fingerprint density at radius 3 is 2.56 bits per heavy atom. The normalized spacial score (nSPS) is 27.9. The Balaban J connectivity index is 1.68. The molecule has 2 aliphatic heterocycles. The van der Waals surface area contributed by atoms with E-state index in [1.54, 1.807) is 11.3 Å². The second-order valence-corrected chi connectivity index (χ2v) is 7.48. The van der Waals surface area contributed by atoms with Crippen LogP contribution in [0.25, 0.3) is 0 Å². The van der Waals surface area contributed by atoms with E-state index in [1.165, 1.54) is 0 Å². The van der Waals surface area contributed by atoms with Crippen LogP contribution >= 0.6 is 27.3 Å². The van der Waals surface area contributed by atoms with Gasteiger partial charge in [-0.2, -0.15) is 0 Å². The lowest BCUT2D eigenvalue weighted by Crippen LogP contribution is -2.32. The van der Waals surface area contributed by atoms with E-state index >= 15 is 0 Å². The number of hydrogen-bond donors (Lipinski definition) is 1. The Bertz CT molecular complexity index is 434. The van der Waals surface area contributed by atoms with E-state index in [4.69, 9.17) is 0 Å². The second kappa shape index (κ2) is 5.31. The van der Waals surface area contributed by atoms with E-state index in [2.05, 4.69) is 21.2 Å². The molecule has 0 saturated carbocycles. The average Bonchev–Trinajstić information content (AvgIpc) is 2.94. The van der Waals surface area contributed by atoms with Crippen LogP contribution in [0.15, 0.2) is 15.2 Å². The van der Waals surface area contributed by atoms with Crippen LogP contribution in [0, 0.1) is 11.8 Å². The van der Waals surface area contributed by atoms with Gasteiger partial charge < -0.3 is 10.2 Å². The summed E-state index contributed by atoms with van der Waals surface area (Å²) in [5, 5.41) is 5.41. The number of carbonyl (C=O) groups excluding carboxylic acids is 1. The molecule has 2 atom stereocenters. The summed E-state index contributed by atoms with van der Waals surface area (Å²) in [7, 11) is 0. The largest absolute Gasteiger partial charge is 0.339 e. The first-order chi connectivity index (χ1) is 8.74. The van der Waals surface area contributed by atoms with Crippen LogP contribution in [-0.2, 0) is 0 Å². The molecule has 0 aliphatic carbocycles. The van der Waals surface area contributed by atoms with Crippen molar-refractivity contribution in [1.82, 2.24) is 10.2 Å². The molecule has 1 aromatic rings. The lowest BCUT2D eigenvalue weighted by molar-refractivity contribution is 0.0759. The maximum Gasteiger partial charge on any atom is 0.254 e. The number of fused-ring (bicyclic) bond motifs is 1. The van der Waals surface area contributed by atoms with Gasteiger partial charge in [0.15, 0.2) is 0 Å². The number of rotatable bonds is 1. The lowest BCUT2D eigenvalue weighted by atomic mass is 9.92. The van der Waals surface area contributed by atoms with Gasteiger partial charge in [-0.1, -0.05) is 0 Å². The summed E-state index contributed by atoms with van der Waals surface area (Å²) in [6.45, 7) is 4.09. The second-order valence-electron chi connectivity index (χ2n) is 5.19. The van der Waals surface area contributed by atoms with Crippen molar-refractivity contribution in [3.63, 3.8) is 0 Å². The molecule has 1 N–H and O–H groups in total. The Morgan fingerprint density at radius 2 is 2.00 bits per heavy atom. The molecule has 0 bridgehead atoms. The molecular weight excluding hydrogens is 312 g/mol. The molecule has 0 radical (unpaired) electrons. The lowest BCUT2D eigenvalue weighted by Gasteiger charge is -2.20. The van der Waals surface area contributed by atoms with Crippen LogP contribution in [0.2, 0.25) is 0 Å². The number of carbonyl (C=O) groups is 1. The molecule has 3 nitrogen and oxygen atoms in total. The van der Waals surface area contributed by atoms with Crippen LogP contribution < -0.4 is 5.32 Å². The average molecular weight is 329 g/mol. The summed E-state index contributed by atoms with van der Waals surface area (Å²) in [6, 6.07) is 1.93. The summed E-state index contributed by atoms with van der Waals surface area (Å²) >= 11 is 5.00. The third kappa shape index (κ3) is 2.49. The molecule has 1 aromatic heterocycles. The third-order valence-electron chi connectivity index (χ3n) is 4.12. The minimum Gasteiger partial charge on any atom is -0.339 e. The fourth-order valence-corrected chi connectivity index (χ4v) is 4.16. The molecule has 2 fully saturated rings. The van der Waals surface area contributed by atoms with Crippen LogP contribution in [0.3, 0.4) is 0 Å². The van der Waals surface area contributed by atoms with Gasteiger partial charge in [-0.05, 0) is 59.8 Å². The molecule has 2 saturated heterocycles. The first-order valence-electron chi connectivity index (χ1n) is 6.48. The van der Waals surface area contributed by atoms with Gasteiger partial charge in [0.25, 0.3) is 5.91 Å². The van der Waals surface area contributed by atoms with Crippen LogP contribution in [0.5, 0.6) is 0 Å². The molecule has 5 heteroatoms. The summed E-state index contributed by atoms with van der Waals surface area (Å²) < 4.78 is 1.03. The zero-order chi connectivity index (χ0) is 12.5. The zero-order valence-electron chi connectivity index (χ0n) is 10.2. The van der Waals surface area contributed by atoms with E-state index in [9.17, 15) is 4.79 Å². The Labute approximate surface area is 120 Å². The number of amides is 1. The monoisotopic (exact) mass is 328 g/mol. The standard InChI is InChI=1S/C13H17BrN2OS/c14-12-5-11(8-18-12)13(17)16-3-1-9-6-15-7-10(9)2-4-16/h5,8-10,15H,1-4,6-7H2/t9-,10+. The highest BCUT2D eigenvalue weighted by atomic mass is 79.9. The van der Waals surface area contributed by atoms with Crippen molar-refractivity contribution in [2.24, 2.45) is 11.8 Å². The van der Waals surface area contributed by atoms with Crippen molar-refractivity contribution < 1.29 is 4.79 Å². The molecule has 1 amide bonds. The van der Waals surface area contributed by atoms with E-state index in [-0.39, 0.29) is 5.91 Å². The molecule has 98 valence electrons. The SMILES string of the molecule is O=C(c1csc(Br)c1)N1CC[C@@H]2CNC[C@@H]2CC1. The number of halogens is 1. The maximum absolute atomic E-state index is 12.4. The van der Waals surface area contributed by atoms with E-state index in [1.807, 2.05) is 16.3 Å². The highest BCUT2D eigenvalue weighted by Gasteiger charge is 2.31. The van der Waals surface area contributed by atoms with Crippen molar-refractivity contribution >= 4 is 33.2 Å². The summed E-state index contributed by atoms with van der Waals surface area (Å²) in [6.07, 6.45) is 2.30. The van der Waals surface area contributed by atoms with Gasteiger partial charge in [0.05, 0.1) is 9.35 Å². The minimum atomic E-state index is 0.199. The van der Waals surface area contributed by atoms with Gasteiger partial charge >= 0.3 is 0 Å². The van der Waals surface area contributed by atoms with Crippen LogP contribution in [-0.4, -0.2) is 37.0 Å². The minimum absolute atomic E-state index is 0.199. The van der Waals surface area contributed by atoms with Crippen LogP contribution in [0.1, 0.15) is 23.2 Å². The number of thiophene rings is 1. The van der Waals surface area contributed by atoms with Crippen molar-refractivity contribution in [3.05, 3.63) is 20.8 Å². The van der Waals surface area contributed by atoms with Gasteiger partial charge in [0, 0.05) is 18.5 Å². The molecule has 18 heavy (non-hydrogen) atoms. The van der Waals surface area contributed by atoms with E-state index in [0.29, 0.717) is 0 Å². The predicted octanol–water partition coefficient (Wildman–Crippen LogP) is 2.58. The summed E-state index contributed by atoms with van der Waals surface area (Å²) in [4.78, 5) is 14.4. The number of likely N-dealkylation sites (tertiary alicyclic amines) is 1. The van der Waals surface area contributed by atoms with Crippen molar-refractivity contribution in [2.75, 3.05) is 26.2 Å². The first-order valence-corrected chi connectivity index (χ1v) is 8.15. The van der Waals surface area contributed by atoms with Gasteiger partial charge in [-0.25, -0.2) is 0 Å². The zero-order valence-corrected chi connectivity index (χ0v) is 12.6. The van der Waals surface area contributed by atoms with Gasteiger partial charge in [-0.3, -0.25) is 4.79 Å². The molecule has 2 aliphatic rings. The molecular formula is C13H17BrN2OS. The first kappa shape index (κ1) is 12.6. The fourth-order valence-electron chi connectivity index (χ4n) is 3.03. The Hall–Kier alpha value is -0.390. The third-order valence-corrected chi connectivity index (χ3v) is 5.63. The van der Waals surface area contributed by atoms with Crippen molar-refractivity contribution in [2.45, 2.75) is 12.8 Å². The number of nitrogens with zero attached hydrogens (tertiary/aromatic N) is 1. The summed E-state index contributed by atoms with van der Waals surface area (Å²) in [5.41, 5.74) is 0.831. The van der Waals surface area contributed by atoms with Gasteiger partial charge in [0.2, 0.25) is 0 Å². The number of hydrogen-bond acceptors (Lipinski definition) is 3. The van der Waals surface area contributed by atoms with E-state index < -0.39 is 0 Å². The summed E-state index contributed by atoms with van der Waals surface area (Å²) in [5.74, 6) is 1.75. The molecule has 0 unspecified atom stereocenters. The molecule has 3 rings (SSSR count). The molecule has 0 spiro atoms. The Kier molecular flexibility index (Phi) is 3.73. The highest BCUT2D eigenvalue weighted by molar-refractivity contribution is 9.11. The molecule has 3 heterocycles. The van der Waals surface area contributed by atoms with Gasteiger partial charge in [0.1, 0.15) is 0 Å².